The minimum Gasteiger partial charge on any atom is -0.398 e. The monoisotopic (exact) mass is 346 g/mol. The first-order valence-electron chi connectivity index (χ1n) is 6.41. The lowest BCUT2D eigenvalue weighted by Crippen LogP contribution is -2.29. The standard InChI is InChI=1S/C13H15BBrF3N2/c14-9-3-7(12(19)11(15)5-9)6-20-10-2-1-8(4-10)13(16,17)18/h3,5,8,10,20H,1-2,4,6,19H2/t8-,10+/m0/s1. The van der Waals surface area contributed by atoms with E-state index in [0.29, 0.717) is 28.6 Å². The molecule has 1 aromatic carbocycles. The Labute approximate surface area is 125 Å². The highest BCUT2D eigenvalue weighted by Crippen LogP contribution is 2.39. The van der Waals surface area contributed by atoms with E-state index < -0.39 is 12.1 Å². The molecule has 2 atom stereocenters. The van der Waals surface area contributed by atoms with Gasteiger partial charge in [-0.15, -0.1) is 0 Å². The lowest BCUT2D eigenvalue weighted by molar-refractivity contribution is -0.172. The number of anilines is 1. The summed E-state index contributed by atoms with van der Waals surface area (Å²) in [5, 5.41) is 3.14. The van der Waals surface area contributed by atoms with Crippen molar-refractivity contribution in [3.05, 3.63) is 22.2 Å². The Morgan fingerprint density at radius 1 is 1.35 bits per heavy atom. The fraction of sp³-hybridized carbons (Fsp3) is 0.538. The normalized spacial score (nSPS) is 23.2. The zero-order valence-electron chi connectivity index (χ0n) is 10.8. The van der Waals surface area contributed by atoms with Gasteiger partial charge < -0.3 is 11.1 Å². The Kier molecular flexibility index (Phi) is 4.69. The van der Waals surface area contributed by atoms with Crippen LogP contribution < -0.4 is 16.5 Å². The molecule has 0 unspecified atom stereocenters. The van der Waals surface area contributed by atoms with E-state index in [4.69, 9.17) is 13.6 Å². The Bertz CT molecular complexity index is 493. The average molecular weight is 347 g/mol. The highest BCUT2D eigenvalue weighted by Gasteiger charge is 2.43. The maximum absolute atomic E-state index is 12.6. The van der Waals surface area contributed by atoms with E-state index in [2.05, 4.69) is 21.2 Å². The van der Waals surface area contributed by atoms with Gasteiger partial charge in [0.1, 0.15) is 7.85 Å². The number of nitrogens with one attached hydrogen (secondary N) is 1. The van der Waals surface area contributed by atoms with Crippen LogP contribution in [0.5, 0.6) is 0 Å². The predicted octanol–water partition coefficient (Wildman–Crippen LogP) is 2.65. The molecule has 2 rings (SSSR count). The Morgan fingerprint density at radius 3 is 2.65 bits per heavy atom. The van der Waals surface area contributed by atoms with Gasteiger partial charge in [-0.3, -0.25) is 0 Å². The molecule has 0 aromatic heterocycles. The molecule has 7 heteroatoms. The maximum atomic E-state index is 12.6. The first-order valence-corrected chi connectivity index (χ1v) is 7.20. The number of hydrogen-bond acceptors (Lipinski definition) is 2. The zero-order valence-corrected chi connectivity index (χ0v) is 12.4. The molecule has 0 bridgehead atoms. The van der Waals surface area contributed by atoms with E-state index in [0.717, 1.165) is 5.56 Å². The maximum Gasteiger partial charge on any atom is 0.391 e. The van der Waals surface area contributed by atoms with Crippen LogP contribution in [-0.4, -0.2) is 20.1 Å². The molecule has 2 radical (unpaired) electrons. The first kappa shape index (κ1) is 15.7. The predicted molar refractivity (Wildman–Crippen MR) is 78.0 cm³/mol. The van der Waals surface area contributed by atoms with Crippen LogP contribution in [0.3, 0.4) is 0 Å². The average Bonchev–Trinajstić information content (AvgIpc) is 2.80. The highest BCUT2D eigenvalue weighted by molar-refractivity contribution is 9.10. The molecule has 0 saturated heterocycles. The van der Waals surface area contributed by atoms with E-state index >= 15 is 0 Å². The third-order valence-corrected chi connectivity index (χ3v) is 4.37. The number of hydrogen-bond donors (Lipinski definition) is 2. The van der Waals surface area contributed by atoms with E-state index in [9.17, 15) is 13.2 Å². The summed E-state index contributed by atoms with van der Waals surface area (Å²) in [5.41, 5.74) is 7.85. The molecule has 0 heterocycles. The largest absolute Gasteiger partial charge is 0.398 e. The Morgan fingerprint density at radius 2 is 2.05 bits per heavy atom. The number of rotatable bonds is 3. The molecular weight excluding hydrogens is 332 g/mol. The Balaban J connectivity index is 1.94. The van der Waals surface area contributed by atoms with Gasteiger partial charge in [0.25, 0.3) is 0 Å². The minimum absolute atomic E-state index is 0.124. The summed E-state index contributed by atoms with van der Waals surface area (Å²) < 4.78 is 38.5. The van der Waals surface area contributed by atoms with Crippen molar-refractivity contribution in [2.75, 3.05) is 5.73 Å². The number of alkyl halides is 3. The third kappa shape index (κ3) is 3.70. The van der Waals surface area contributed by atoms with E-state index in [1.165, 1.54) is 0 Å². The van der Waals surface area contributed by atoms with Crippen LogP contribution in [0, 0.1) is 5.92 Å². The minimum atomic E-state index is -4.09. The van der Waals surface area contributed by atoms with Crippen molar-refractivity contribution in [1.29, 1.82) is 0 Å². The van der Waals surface area contributed by atoms with Crippen LogP contribution in [0.25, 0.3) is 0 Å². The summed E-state index contributed by atoms with van der Waals surface area (Å²) >= 11 is 3.30. The van der Waals surface area contributed by atoms with Gasteiger partial charge in [0.2, 0.25) is 0 Å². The van der Waals surface area contributed by atoms with Gasteiger partial charge >= 0.3 is 6.18 Å². The molecule has 1 aliphatic carbocycles. The lowest BCUT2D eigenvalue weighted by atomic mass is 9.93. The van der Waals surface area contributed by atoms with Crippen LogP contribution in [0.15, 0.2) is 16.6 Å². The van der Waals surface area contributed by atoms with Gasteiger partial charge in [0.05, 0.1) is 11.6 Å². The van der Waals surface area contributed by atoms with Crippen molar-refractivity contribution in [2.24, 2.45) is 5.92 Å². The van der Waals surface area contributed by atoms with Gasteiger partial charge in [0.15, 0.2) is 0 Å². The molecule has 1 saturated carbocycles. The molecule has 20 heavy (non-hydrogen) atoms. The quantitative estimate of drug-likeness (QED) is 0.652. The topological polar surface area (TPSA) is 38.0 Å². The lowest BCUT2D eigenvalue weighted by Gasteiger charge is -2.17. The van der Waals surface area contributed by atoms with E-state index in [1.807, 2.05) is 0 Å². The van der Waals surface area contributed by atoms with E-state index in [-0.39, 0.29) is 18.9 Å². The second-order valence-corrected chi connectivity index (χ2v) is 6.06. The molecule has 0 amide bonds. The second-order valence-electron chi connectivity index (χ2n) is 5.20. The number of benzene rings is 1. The summed E-state index contributed by atoms with van der Waals surface area (Å²) in [7, 11) is 5.73. The Hall–Kier alpha value is -0.685. The van der Waals surface area contributed by atoms with Gasteiger partial charge in [-0.1, -0.05) is 17.6 Å². The molecule has 0 aliphatic heterocycles. The first-order chi connectivity index (χ1) is 9.27. The van der Waals surface area contributed by atoms with Crippen molar-refractivity contribution in [3.8, 4) is 0 Å². The van der Waals surface area contributed by atoms with Gasteiger partial charge in [-0.2, -0.15) is 13.2 Å². The van der Waals surface area contributed by atoms with Crippen molar-refractivity contribution in [2.45, 2.75) is 38.0 Å². The van der Waals surface area contributed by atoms with Gasteiger partial charge in [-0.05, 0) is 40.8 Å². The zero-order chi connectivity index (χ0) is 14.9. The summed E-state index contributed by atoms with van der Waals surface area (Å²) in [4.78, 5) is 0. The van der Waals surface area contributed by atoms with Crippen LogP contribution >= 0.6 is 15.9 Å². The smallest absolute Gasteiger partial charge is 0.391 e. The molecule has 1 aromatic rings. The molecule has 3 N–H and O–H groups in total. The molecule has 1 fully saturated rings. The highest BCUT2D eigenvalue weighted by atomic mass is 79.9. The SMILES string of the molecule is [B]c1cc(Br)c(N)c(CN[C@@H]2CC[C@H](C(F)(F)F)C2)c1. The van der Waals surface area contributed by atoms with Gasteiger partial charge in [-0.25, -0.2) is 0 Å². The van der Waals surface area contributed by atoms with Crippen LogP contribution in [0.4, 0.5) is 18.9 Å². The number of halogens is 4. The molecule has 108 valence electrons. The van der Waals surface area contributed by atoms with Crippen molar-refractivity contribution in [1.82, 2.24) is 5.32 Å². The molecular formula is C13H15BBrF3N2. The number of nitrogens with two attached hydrogens (primary N) is 1. The van der Waals surface area contributed by atoms with Crippen molar-refractivity contribution in [3.63, 3.8) is 0 Å². The number of nitrogen functional groups attached to an aromatic ring is 1. The van der Waals surface area contributed by atoms with Crippen molar-refractivity contribution >= 4 is 34.9 Å². The summed E-state index contributed by atoms with van der Waals surface area (Å²) in [6, 6.07) is 3.32. The molecule has 0 spiro atoms. The summed E-state index contributed by atoms with van der Waals surface area (Å²) in [5.74, 6) is -1.19. The summed E-state index contributed by atoms with van der Waals surface area (Å²) in [6.45, 7) is 0.421. The fourth-order valence-corrected chi connectivity index (χ4v) is 3.08. The third-order valence-electron chi connectivity index (χ3n) is 3.71. The second kappa shape index (κ2) is 5.97. The van der Waals surface area contributed by atoms with E-state index in [1.54, 1.807) is 12.1 Å². The van der Waals surface area contributed by atoms with Crippen molar-refractivity contribution < 1.29 is 13.2 Å². The van der Waals surface area contributed by atoms with Gasteiger partial charge in [0, 0.05) is 17.1 Å². The van der Waals surface area contributed by atoms with Crippen LogP contribution in [0.2, 0.25) is 0 Å². The fourth-order valence-electron chi connectivity index (χ4n) is 2.56. The van der Waals surface area contributed by atoms with Crippen LogP contribution in [0.1, 0.15) is 24.8 Å². The molecule has 2 nitrogen and oxygen atoms in total. The summed E-state index contributed by atoms with van der Waals surface area (Å²) in [6.07, 6.45) is -3.23. The molecule has 1 aliphatic rings. The van der Waals surface area contributed by atoms with Crippen LogP contribution in [-0.2, 0) is 6.54 Å².